The van der Waals surface area contributed by atoms with Crippen LogP contribution in [0.4, 0.5) is 5.69 Å². The van der Waals surface area contributed by atoms with Gasteiger partial charge in [0.2, 0.25) is 12.7 Å². The number of rotatable bonds is 2. The van der Waals surface area contributed by atoms with Gasteiger partial charge >= 0.3 is 0 Å². The fourth-order valence-corrected chi connectivity index (χ4v) is 1.82. The molecule has 3 N–H and O–H groups in total. The summed E-state index contributed by atoms with van der Waals surface area (Å²) in [6.07, 6.45) is 0. The molecular weight excluding hydrogens is 268 g/mol. The molecule has 0 aliphatic carbocycles. The molecule has 0 aromatic heterocycles. The molecule has 1 aliphatic heterocycles. The highest BCUT2D eigenvalue weighted by atomic mass is 35.5. The molecular formula is C13H17ClN2O3. The van der Waals surface area contributed by atoms with Gasteiger partial charge < -0.3 is 20.5 Å². The molecule has 0 saturated carbocycles. The van der Waals surface area contributed by atoms with Crippen LogP contribution >= 0.6 is 11.6 Å². The summed E-state index contributed by atoms with van der Waals surface area (Å²) in [5, 5.41) is 3.10. The van der Waals surface area contributed by atoms with Crippen molar-refractivity contribution in [2.75, 3.05) is 12.1 Å². The van der Waals surface area contributed by atoms with Gasteiger partial charge in [-0.2, -0.15) is 0 Å². The normalized spacial score (nSPS) is 15.2. The summed E-state index contributed by atoms with van der Waals surface area (Å²) < 4.78 is 10.4. The summed E-state index contributed by atoms with van der Waals surface area (Å²) in [7, 11) is 0. The standard InChI is InChI=1S/C13H17ClN2O3/c1-13(2,3)11(15)12(17)16-8-5-10-9(4-7(8)14)18-6-19-10/h4-5,11H,6,15H2,1-3H3,(H,16,17)/t11-/m1/s1. The van der Waals surface area contributed by atoms with Crippen molar-refractivity contribution in [1.82, 2.24) is 0 Å². The zero-order valence-electron chi connectivity index (χ0n) is 11.1. The minimum Gasteiger partial charge on any atom is -0.454 e. The molecule has 1 heterocycles. The number of nitrogens with one attached hydrogen (secondary N) is 1. The minimum atomic E-state index is -0.631. The summed E-state index contributed by atoms with van der Waals surface area (Å²) in [4.78, 5) is 12.0. The van der Waals surface area contributed by atoms with Crippen LogP contribution in [0.25, 0.3) is 0 Å². The second-order valence-corrected chi connectivity index (χ2v) is 5.93. The highest BCUT2D eigenvalue weighted by molar-refractivity contribution is 6.34. The molecule has 0 fully saturated rings. The zero-order valence-corrected chi connectivity index (χ0v) is 11.9. The lowest BCUT2D eigenvalue weighted by atomic mass is 9.87. The maximum absolute atomic E-state index is 12.0. The fourth-order valence-electron chi connectivity index (χ4n) is 1.62. The zero-order chi connectivity index (χ0) is 14.2. The Morgan fingerprint density at radius 1 is 1.37 bits per heavy atom. The number of anilines is 1. The van der Waals surface area contributed by atoms with Gasteiger partial charge in [0.25, 0.3) is 0 Å². The van der Waals surface area contributed by atoms with E-state index in [1.807, 2.05) is 20.8 Å². The Balaban J connectivity index is 2.18. The Labute approximate surface area is 117 Å². The highest BCUT2D eigenvalue weighted by Gasteiger charge is 2.28. The van der Waals surface area contributed by atoms with Crippen molar-refractivity contribution in [2.24, 2.45) is 11.1 Å². The first-order valence-electron chi connectivity index (χ1n) is 5.94. The molecule has 1 aromatic rings. The Kier molecular flexibility index (Phi) is 3.60. The Bertz CT molecular complexity index is 511. The quantitative estimate of drug-likeness (QED) is 0.874. The average molecular weight is 285 g/mol. The van der Waals surface area contributed by atoms with Gasteiger partial charge in [-0.15, -0.1) is 0 Å². The third kappa shape index (κ3) is 2.93. The van der Waals surface area contributed by atoms with Crippen molar-refractivity contribution in [3.8, 4) is 11.5 Å². The number of hydrogen-bond donors (Lipinski definition) is 2. The summed E-state index contributed by atoms with van der Waals surface area (Å²) >= 11 is 6.08. The van der Waals surface area contributed by atoms with Crippen LogP contribution in [-0.2, 0) is 4.79 Å². The molecule has 0 unspecified atom stereocenters. The first kappa shape index (κ1) is 14.0. The lowest BCUT2D eigenvalue weighted by Crippen LogP contribution is -2.45. The Morgan fingerprint density at radius 3 is 2.53 bits per heavy atom. The van der Waals surface area contributed by atoms with Crippen molar-refractivity contribution in [1.29, 1.82) is 0 Å². The summed E-state index contributed by atoms with van der Waals surface area (Å²) in [5.41, 5.74) is 6.04. The molecule has 0 saturated heterocycles. The van der Waals surface area contributed by atoms with Crippen LogP contribution in [0.1, 0.15) is 20.8 Å². The second-order valence-electron chi connectivity index (χ2n) is 5.52. The predicted molar refractivity (Wildman–Crippen MR) is 73.6 cm³/mol. The van der Waals surface area contributed by atoms with E-state index < -0.39 is 6.04 Å². The third-order valence-electron chi connectivity index (χ3n) is 2.94. The van der Waals surface area contributed by atoms with E-state index in [9.17, 15) is 4.79 Å². The molecule has 1 aromatic carbocycles. The molecule has 104 valence electrons. The number of carbonyl (C=O) groups excluding carboxylic acids is 1. The number of ether oxygens (including phenoxy) is 2. The number of nitrogens with two attached hydrogens (primary N) is 1. The molecule has 2 rings (SSSR count). The van der Waals surface area contributed by atoms with E-state index in [1.165, 1.54) is 0 Å². The number of halogens is 1. The topological polar surface area (TPSA) is 73.6 Å². The van der Waals surface area contributed by atoms with Gasteiger partial charge in [-0.3, -0.25) is 4.79 Å². The Hall–Kier alpha value is -1.46. The number of benzene rings is 1. The van der Waals surface area contributed by atoms with Gasteiger partial charge in [-0.1, -0.05) is 32.4 Å². The smallest absolute Gasteiger partial charge is 0.241 e. The van der Waals surface area contributed by atoms with E-state index in [0.29, 0.717) is 22.2 Å². The van der Waals surface area contributed by atoms with Crippen LogP contribution in [0.5, 0.6) is 11.5 Å². The summed E-state index contributed by atoms with van der Waals surface area (Å²) in [5.74, 6) is 0.848. The lowest BCUT2D eigenvalue weighted by Gasteiger charge is -2.26. The highest BCUT2D eigenvalue weighted by Crippen LogP contribution is 2.39. The molecule has 5 nitrogen and oxygen atoms in total. The van der Waals surface area contributed by atoms with E-state index in [-0.39, 0.29) is 18.1 Å². The van der Waals surface area contributed by atoms with Crippen LogP contribution in [0.3, 0.4) is 0 Å². The number of carbonyl (C=O) groups is 1. The number of fused-ring (bicyclic) bond motifs is 1. The Morgan fingerprint density at radius 2 is 1.95 bits per heavy atom. The van der Waals surface area contributed by atoms with Crippen LogP contribution in [0.2, 0.25) is 5.02 Å². The third-order valence-corrected chi connectivity index (χ3v) is 3.25. The van der Waals surface area contributed by atoms with E-state index in [1.54, 1.807) is 12.1 Å². The van der Waals surface area contributed by atoms with Gasteiger partial charge in [0, 0.05) is 12.1 Å². The minimum absolute atomic E-state index is 0.157. The van der Waals surface area contributed by atoms with Gasteiger partial charge in [0.05, 0.1) is 16.8 Å². The SMILES string of the molecule is CC(C)(C)[C@H](N)C(=O)Nc1cc2c(cc1Cl)OCO2. The molecule has 1 atom stereocenters. The van der Waals surface area contributed by atoms with Crippen molar-refractivity contribution in [3.05, 3.63) is 17.2 Å². The summed E-state index contributed by atoms with van der Waals surface area (Å²) in [6.45, 7) is 5.86. The van der Waals surface area contributed by atoms with E-state index in [0.717, 1.165) is 0 Å². The molecule has 1 aliphatic rings. The fraction of sp³-hybridized carbons (Fsp3) is 0.462. The monoisotopic (exact) mass is 284 g/mol. The molecule has 0 radical (unpaired) electrons. The van der Waals surface area contributed by atoms with Gasteiger partial charge in [0.1, 0.15) is 0 Å². The average Bonchev–Trinajstić information content (AvgIpc) is 2.74. The van der Waals surface area contributed by atoms with Crippen LogP contribution in [0.15, 0.2) is 12.1 Å². The van der Waals surface area contributed by atoms with E-state index in [2.05, 4.69) is 5.32 Å². The van der Waals surface area contributed by atoms with Crippen LogP contribution < -0.4 is 20.5 Å². The van der Waals surface area contributed by atoms with E-state index in [4.69, 9.17) is 26.8 Å². The maximum Gasteiger partial charge on any atom is 0.241 e. The summed E-state index contributed by atoms with van der Waals surface area (Å²) in [6, 6.07) is 2.62. The number of hydrogen-bond acceptors (Lipinski definition) is 4. The van der Waals surface area contributed by atoms with Gasteiger partial charge in [-0.05, 0) is 5.41 Å². The maximum atomic E-state index is 12.0. The van der Waals surface area contributed by atoms with Gasteiger partial charge in [-0.25, -0.2) is 0 Å². The van der Waals surface area contributed by atoms with Crippen LogP contribution in [0, 0.1) is 5.41 Å². The molecule has 0 bridgehead atoms. The predicted octanol–water partition coefficient (Wildman–Crippen LogP) is 2.38. The van der Waals surface area contributed by atoms with Crippen molar-refractivity contribution < 1.29 is 14.3 Å². The van der Waals surface area contributed by atoms with Crippen molar-refractivity contribution >= 4 is 23.2 Å². The van der Waals surface area contributed by atoms with Crippen molar-refractivity contribution in [2.45, 2.75) is 26.8 Å². The van der Waals surface area contributed by atoms with E-state index >= 15 is 0 Å². The first-order valence-corrected chi connectivity index (χ1v) is 6.32. The largest absolute Gasteiger partial charge is 0.454 e. The lowest BCUT2D eigenvalue weighted by molar-refractivity contribution is -0.119. The molecule has 6 heteroatoms. The number of amides is 1. The van der Waals surface area contributed by atoms with Gasteiger partial charge in [0.15, 0.2) is 11.5 Å². The second kappa shape index (κ2) is 4.90. The van der Waals surface area contributed by atoms with Crippen LogP contribution in [-0.4, -0.2) is 18.7 Å². The molecule has 19 heavy (non-hydrogen) atoms. The molecule has 1 amide bonds. The van der Waals surface area contributed by atoms with Crippen molar-refractivity contribution in [3.63, 3.8) is 0 Å². The first-order chi connectivity index (χ1) is 8.79. The molecule has 0 spiro atoms.